The summed E-state index contributed by atoms with van der Waals surface area (Å²) in [5.41, 5.74) is 1.37. The maximum Gasteiger partial charge on any atom is 0.305 e. The smallest absolute Gasteiger partial charge is 0.305 e. The molecular formula is C19H14FNO3S2. The van der Waals surface area contributed by atoms with Crippen molar-refractivity contribution in [3.05, 3.63) is 76.4 Å². The summed E-state index contributed by atoms with van der Waals surface area (Å²) in [4.78, 5) is 25.9. The highest BCUT2D eigenvalue weighted by Gasteiger charge is 2.38. The van der Waals surface area contributed by atoms with Crippen LogP contribution >= 0.6 is 24.0 Å². The van der Waals surface area contributed by atoms with Crippen LogP contribution in [0.3, 0.4) is 0 Å². The molecule has 1 amide bonds. The Morgan fingerprint density at radius 3 is 2.46 bits per heavy atom. The summed E-state index contributed by atoms with van der Waals surface area (Å²) in [6, 6.07) is 14.0. The third kappa shape index (κ3) is 4.00. The molecule has 1 fully saturated rings. The maximum atomic E-state index is 13.0. The highest BCUT2D eigenvalue weighted by Crippen LogP contribution is 2.39. The molecule has 1 aliphatic heterocycles. The normalized spacial score (nSPS) is 17.0. The Morgan fingerprint density at radius 2 is 1.85 bits per heavy atom. The van der Waals surface area contributed by atoms with Gasteiger partial charge in [-0.05, 0) is 29.3 Å². The van der Waals surface area contributed by atoms with Gasteiger partial charge in [-0.1, -0.05) is 66.4 Å². The van der Waals surface area contributed by atoms with Crippen LogP contribution < -0.4 is 0 Å². The van der Waals surface area contributed by atoms with Crippen molar-refractivity contribution in [1.29, 1.82) is 0 Å². The molecule has 3 rings (SSSR count). The first-order chi connectivity index (χ1) is 12.5. The van der Waals surface area contributed by atoms with Crippen molar-refractivity contribution < 1.29 is 19.1 Å². The van der Waals surface area contributed by atoms with E-state index in [0.717, 1.165) is 11.8 Å². The van der Waals surface area contributed by atoms with Crippen LogP contribution in [0.4, 0.5) is 4.39 Å². The van der Waals surface area contributed by atoms with Crippen molar-refractivity contribution in [2.75, 3.05) is 0 Å². The molecule has 2 aromatic carbocycles. The van der Waals surface area contributed by atoms with E-state index in [-0.39, 0.29) is 18.1 Å². The number of carbonyl (C=O) groups excluding carboxylic acids is 1. The predicted octanol–water partition coefficient (Wildman–Crippen LogP) is 4.24. The molecule has 0 radical (unpaired) electrons. The molecule has 1 saturated heterocycles. The van der Waals surface area contributed by atoms with Crippen molar-refractivity contribution in [1.82, 2.24) is 4.90 Å². The van der Waals surface area contributed by atoms with Crippen molar-refractivity contribution in [2.45, 2.75) is 12.5 Å². The van der Waals surface area contributed by atoms with E-state index in [1.165, 1.54) is 17.0 Å². The Bertz CT molecular complexity index is 881. The van der Waals surface area contributed by atoms with Crippen molar-refractivity contribution >= 4 is 46.3 Å². The molecule has 1 N–H and O–H groups in total. The fraction of sp³-hybridized carbons (Fsp3) is 0.105. The minimum Gasteiger partial charge on any atom is -0.481 e. The Morgan fingerprint density at radius 1 is 1.19 bits per heavy atom. The van der Waals surface area contributed by atoms with Gasteiger partial charge in [0.15, 0.2) is 0 Å². The van der Waals surface area contributed by atoms with Gasteiger partial charge in [0.2, 0.25) is 0 Å². The Labute approximate surface area is 159 Å². The summed E-state index contributed by atoms with van der Waals surface area (Å²) < 4.78 is 13.3. The minimum absolute atomic E-state index is 0.250. The predicted molar refractivity (Wildman–Crippen MR) is 103 cm³/mol. The Kier molecular flexibility index (Phi) is 5.49. The van der Waals surface area contributed by atoms with Gasteiger partial charge in [-0.3, -0.25) is 14.5 Å². The topological polar surface area (TPSA) is 57.6 Å². The number of thiocarbonyl (C=S) groups is 1. The maximum absolute atomic E-state index is 13.0. The average molecular weight is 387 g/mol. The highest BCUT2D eigenvalue weighted by atomic mass is 32.2. The molecule has 1 unspecified atom stereocenters. The monoisotopic (exact) mass is 387 g/mol. The van der Waals surface area contributed by atoms with Crippen molar-refractivity contribution in [3.63, 3.8) is 0 Å². The van der Waals surface area contributed by atoms with Gasteiger partial charge in [0.05, 0.1) is 17.4 Å². The van der Waals surface area contributed by atoms with Gasteiger partial charge in [-0.25, -0.2) is 4.39 Å². The fourth-order valence-electron chi connectivity index (χ4n) is 2.66. The first-order valence-electron chi connectivity index (χ1n) is 7.75. The van der Waals surface area contributed by atoms with Gasteiger partial charge in [-0.15, -0.1) is 0 Å². The molecule has 0 aliphatic carbocycles. The number of thioether (sulfide) groups is 1. The lowest BCUT2D eigenvalue weighted by Crippen LogP contribution is -2.34. The zero-order valence-electron chi connectivity index (χ0n) is 13.5. The molecule has 1 aliphatic rings. The van der Waals surface area contributed by atoms with Crippen LogP contribution in [0.15, 0.2) is 59.5 Å². The second-order valence-corrected chi connectivity index (χ2v) is 7.30. The van der Waals surface area contributed by atoms with Crippen LogP contribution in [0.1, 0.15) is 23.6 Å². The number of carboxylic acids is 1. The highest BCUT2D eigenvalue weighted by molar-refractivity contribution is 8.26. The SMILES string of the molecule is O=C(O)CC(c1ccccc1)N1C(=O)C(=Cc2ccc(F)cc2)SC1=S. The van der Waals surface area contributed by atoms with Crippen molar-refractivity contribution in [3.8, 4) is 0 Å². The number of halogens is 1. The third-order valence-corrected chi connectivity index (χ3v) is 5.19. The van der Waals surface area contributed by atoms with Crippen LogP contribution in [-0.4, -0.2) is 26.2 Å². The standard InChI is InChI=1S/C19H14FNO3S2/c20-14-8-6-12(7-9-14)10-16-18(24)21(19(25)26-16)15(11-17(22)23)13-4-2-1-3-5-13/h1-10,15H,11H2,(H,22,23). The van der Waals surface area contributed by atoms with E-state index >= 15 is 0 Å². The van der Waals surface area contributed by atoms with Crippen LogP contribution in [0, 0.1) is 5.82 Å². The van der Waals surface area contributed by atoms with Crippen LogP contribution in [0.2, 0.25) is 0 Å². The number of nitrogens with zero attached hydrogens (tertiary/aromatic N) is 1. The number of rotatable bonds is 5. The zero-order valence-corrected chi connectivity index (χ0v) is 15.1. The van der Waals surface area contributed by atoms with Crippen LogP contribution in [-0.2, 0) is 9.59 Å². The Balaban J connectivity index is 1.93. The van der Waals surface area contributed by atoms with Gasteiger partial charge in [0.25, 0.3) is 5.91 Å². The first kappa shape index (κ1) is 18.3. The number of benzene rings is 2. The quantitative estimate of drug-likeness (QED) is 0.614. The molecule has 0 saturated carbocycles. The molecule has 1 atom stereocenters. The number of amides is 1. The second kappa shape index (κ2) is 7.80. The van der Waals surface area contributed by atoms with E-state index in [1.54, 1.807) is 42.5 Å². The Hall–Kier alpha value is -2.51. The zero-order chi connectivity index (χ0) is 18.7. The number of hydrogen-bond donors (Lipinski definition) is 1. The summed E-state index contributed by atoms with van der Waals surface area (Å²) in [6.45, 7) is 0. The summed E-state index contributed by atoms with van der Waals surface area (Å²) in [6.07, 6.45) is 1.38. The largest absolute Gasteiger partial charge is 0.481 e. The molecule has 1 heterocycles. The number of carbonyl (C=O) groups is 2. The molecule has 132 valence electrons. The average Bonchev–Trinajstić information content (AvgIpc) is 2.89. The van der Waals surface area contributed by atoms with Gasteiger partial charge >= 0.3 is 5.97 Å². The molecule has 4 nitrogen and oxygen atoms in total. The summed E-state index contributed by atoms with van der Waals surface area (Å²) in [7, 11) is 0. The van der Waals surface area contributed by atoms with Crippen LogP contribution in [0.5, 0.6) is 0 Å². The molecular weight excluding hydrogens is 373 g/mol. The lowest BCUT2D eigenvalue weighted by molar-refractivity contribution is -0.138. The van der Waals surface area contributed by atoms with E-state index in [4.69, 9.17) is 12.2 Å². The van der Waals surface area contributed by atoms with E-state index in [1.807, 2.05) is 6.07 Å². The molecule has 7 heteroatoms. The van der Waals surface area contributed by atoms with E-state index in [0.29, 0.717) is 20.4 Å². The van der Waals surface area contributed by atoms with Gasteiger partial charge < -0.3 is 5.11 Å². The number of hydrogen-bond acceptors (Lipinski definition) is 4. The summed E-state index contributed by atoms with van der Waals surface area (Å²) >= 11 is 6.45. The first-order valence-corrected chi connectivity index (χ1v) is 8.97. The van der Waals surface area contributed by atoms with Gasteiger partial charge in [-0.2, -0.15) is 0 Å². The van der Waals surface area contributed by atoms with E-state index < -0.39 is 12.0 Å². The van der Waals surface area contributed by atoms with Gasteiger partial charge in [0.1, 0.15) is 10.1 Å². The number of carboxylic acid groups (broad SMARTS) is 1. The lowest BCUT2D eigenvalue weighted by Gasteiger charge is -2.26. The summed E-state index contributed by atoms with van der Waals surface area (Å²) in [5, 5.41) is 9.27. The summed E-state index contributed by atoms with van der Waals surface area (Å²) in [5.74, 6) is -1.73. The number of aliphatic carboxylic acids is 1. The molecule has 26 heavy (non-hydrogen) atoms. The molecule has 0 aromatic heterocycles. The molecule has 2 aromatic rings. The fourth-order valence-corrected chi connectivity index (χ4v) is 4.01. The minimum atomic E-state index is -1.02. The van der Waals surface area contributed by atoms with E-state index in [9.17, 15) is 19.1 Å². The lowest BCUT2D eigenvalue weighted by atomic mass is 10.0. The second-order valence-electron chi connectivity index (χ2n) is 5.63. The van der Waals surface area contributed by atoms with Crippen LogP contribution in [0.25, 0.3) is 6.08 Å². The van der Waals surface area contributed by atoms with Crippen molar-refractivity contribution in [2.24, 2.45) is 0 Å². The molecule has 0 spiro atoms. The molecule has 0 bridgehead atoms. The third-order valence-electron chi connectivity index (χ3n) is 3.86. The van der Waals surface area contributed by atoms with Gasteiger partial charge in [0, 0.05) is 0 Å². The van der Waals surface area contributed by atoms with E-state index in [2.05, 4.69) is 0 Å².